The molecule has 3 aliphatic heterocycles. The Morgan fingerprint density at radius 2 is 2.02 bits per heavy atom. The van der Waals surface area contributed by atoms with Crippen molar-refractivity contribution in [2.45, 2.75) is 82.2 Å². The highest BCUT2D eigenvalue weighted by Gasteiger charge is 2.64. The number of carbonyl (C=O) groups excluding carboxylic acids is 3. The molecule has 0 aromatic heterocycles. The van der Waals surface area contributed by atoms with E-state index in [-0.39, 0.29) is 30.4 Å². The summed E-state index contributed by atoms with van der Waals surface area (Å²) in [6.07, 6.45) is 2.02. The summed E-state index contributed by atoms with van der Waals surface area (Å²) in [5, 5.41) is 14.4. The smallest absolute Gasteiger partial charge is 0.409 e. The third-order valence-electron chi connectivity index (χ3n) is 8.89. The van der Waals surface area contributed by atoms with Crippen LogP contribution in [-0.2, 0) is 39.7 Å². The zero-order valence-corrected chi connectivity index (χ0v) is 29.3. The molecule has 0 spiro atoms. The van der Waals surface area contributed by atoms with Gasteiger partial charge in [0.15, 0.2) is 5.72 Å². The fourth-order valence-electron chi connectivity index (χ4n) is 6.12. The Bertz CT molecular complexity index is 1390. The molecular weight excluding hydrogens is 652 g/mol. The van der Waals surface area contributed by atoms with Gasteiger partial charge in [-0.15, -0.1) is 0 Å². The van der Waals surface area contributed by atoms with Crippen molar-refractivity contribution in [3.63, 3.8) is 0 Å². The number of hydrogen-bond acceptors (Lipinski definition) is 11. The third kappa shape index (κ3) is 8.62. The number of benzene rings is 1. The number of amides is 2. The minimum Gasteiger partial charge on any atom is -0.495 e. The van der Waals surface area contributed by atoms with Crippen molar-refractivity contribution in [2.24, 2.45) is 5.92 Å². The number of thiol groups is 1. The number of rotatable bonds is 8. The number of nitrogens with zero attached hydrogens (tertiary/aromatic N) is 1. The van der Waals surface area contributed by atoms with Gasteiger partial charge in [0.1, 0.15) is 41.3 Å². The number of aliphatic hydroxyl groups is 1. The molecule has 2 N–H and O–H groups in total. The highest BCUT2D eigenvalue weighted by molar-refractivity contribution is 7.80. The van der Waals surface area contributed by atoms with Gasteiger partial charge in [-0.05, 0) is 50.1 Å². The zero-order valence-electron chi connectivity index (χ0n) is 27.6. The second kappa shape index (κ2) is 15.6. The molecule has 14 heteroatoms. The van der Waals surface area contributed by atoms with Crippen LogP contribution in [0.1, 0.15) is 45.6 Å². The fraction of sp³-hybridized carbons (Fsp3) is 0.606. The number of hydrogen-bond donors (Lipinski definition) is 3. The van der Waals surface area contributed by atoms with Crippen molar-refractivity contribution in [3.05, 3.63) is 46.5 Å². The van der Waals surface area contributed by atoms with Crippen LogP contribution in [0.5, 0.6) is 5.75 Å². The lowest BCUT2D eigenvalue weighted by Gasteiger charge is -2.42. The van der Waals surface area contributed by atoms with Crippen molar-refractivity contribution >= 4 is 47.9 Å². The summed E-state index contributed by atoms with van der Waals surface area (Å²) in [6.45, 7) is 5.50. The minimum absolute atomic E-state index is 0.0172. The molecule has 3 aliphatic rings. The highest BCUT2D eigenvalue weighted by atomic mass is 35.5. The largest absolute Gasteiger partial charge is 0.495 e. The van der Waals surface area contributed by atoms with E-state index in [9.17, 15) is 19.5 Å². The lowest BCUT2D eigenvalue weighted by atomic mass is 9.83. The number of methoxy groups -OCH3 is 2. The van der Waals surface area contributed by atoms with Crippen molar-refractivity contribution in [1.82, 2.24) is 5.32 Å². The second-order valence-electron chi connectivity index (χ2n) is 12.4. The van der Waals surface area contributed by atoms with Crippen molar-refractivity contribution in [2.75, 3.05) is 45.1 Å². The Kier molecular flexibility index (Phi) is 12.3. The first kappa shape index (κ1) is 37.0. The first-order chi connectivity index (χ1) is 22.3. The number of halogens is 1. The van der Waals surface area contributed by atoms with E-state index in [1.54, 1.807) is 32.2 Å². The van der Waals surface area contributed by atoms with Gasteiger partial charge in [-0.25, -0.2) is 9.59 Å². The fourth-order valence-corrected chi connectivity index (χ4v) is 6.56. The zero-order chi connectivity index (χ0) is 34.5. The number of carbonyl (C=O) groups is 3. The number of esters is 1. The standard InChI is InChI=1S/C33H45ClN2O10S/c1-19-9-7-10-25(42-6)33(40)17-24(44-31(39)35-33)20(2)30-32(3,46-30)26(45-28(38)18-43-11-8-12-47)16-27(37)36(4)22-14-21(13-19)15-23(41-5)29(22)34/h7,9-10,14-15,20,24-26,30,40,47H,8,11-13,16-18H2,1-6H3,(H,35,39)/b10-7+,19-9+/t20-,24+,25-,26+,30+,32+,33+/m1/s1. The summed E-state index contributed by atoms with van der Waals surface area (Å²) < 4.78 is 34.2. The summed E-state index contributed by atoms with van der Waals surface area (Å²) in [4.78, 5) is 40.9. The Labute approximate surface area is 286 Å². The van der Waals surface area contributed by atoms with Crippen LogP contribution in [0.3, 0.4) is 0 Å². The average molecular weight is 697 g/mol. The van der Waals surface area contributed by atoms with E-state index < -0.39 is 53.7 Å². The molecule has 7 atom stereocenters. The Morgan fingerprint density at radius 1 is 1.28 bits per heavy atom. The molecule has 0 saturated carbocycles. The third-order valence-corrected chi connectivity index (χ3v) is 9.59. The Balaban J connectivity index is 1.74. The predicted molar refractivity (Wildman–Crippen MR) is 178 cm³/mol. The van der Waals surface area contributed by atoms with Crippen molar-refractivity contribution in [1.29, 1.82) is 0 Å². The van der Waals surface area contributed by atoms with E-state index >= 15 is 0 Å². The van der Waals surface area contributed by atoms with Gasteiger partial charge in [0.2, 0.25) is 5.91 Å². The van der Waals surface area contributed by atoms with Gasteiger partial charge in [0.05, 0.1) is 25.3 Å². The van der Waals surface area contributed by atoms with Crippen LogP contribution in [0, 0.1) is 5.92 Å². The summed E-state index contributed by atoms with van der Waals surface area (Å²) in [7, 11) is 4.53. The van der Waals surface area contributed by atoms with E-state index in [2.05, 4.69) is 17.9 Å². The second-order valence-corrected chi connectivity index (χ2v) is 13.2. The van der Waals surface area contributed by atoms with Gasteiger partial charge < -0.3 is 38.4 Å². The molecule has 2 saturated heterocycles. The number of nitrogens with one attached hydrogen (secondary N) is 1. The number of alkyl carbamates (subject to hydrolysis) is 1. The quantitative estimate of drug-likeness (QED) is 0.158. The van der Waals surface area contributed by atoms with Gasteiger partial charge >= 0.3 is 12.1 Å². The molecule has 3 heterocycles. The molecule has 260 valence electrons. The number of anilines is 1. The maximum atomic E-state index is 13.9. The summed E-state index contributed by atoms with van der Waals surface area (Å²) >= 11 is 10.9. The Morgan fingerprint density at radius 3 is 2.70 bits per heavy atom. The van der Waals surface area contributed by atoms with Gasteiger partial charge in [-0.3, -0.25) is 10.1 Å². The normalized spacial score (nSPS) is 33.1. The molecule has 47 heavy (non-hydrogen) atoms. The summed E-state index contributed by atoms with van der Waals surface area (Å²) in [6, 6.07) is 3.61. The number of epoxide rings is 1. The molecule has 12 nitrogen and oxygen atoms in total. The van der Waals surface area contributed by atoms with Crippen LogP contribution in [0.25, 0.3) is 0 Å². The van der Waals surface area contributed by atoms with E-state index in [0.29, 0.717) is 36.6 Å². The van der Waals surface area contributed by atoms with Crippen LogP contribution in [-0.4, -0.2) is 99.1 Å². The maximum absolute atomic E-state index is 13.9. The number of ether oxygens (including phenoxy) is 6. The van der Waals surface area contributed by atoms with Gasteiger partial charge in [0.25, 0.3) is 0 Å². The van der Waals surface area contributed by atoms with Crippen LogP contribution in [0.2, 0.25) is 5.02 Å². The van der Waals surface area contributed by atoms with Crippen LogP contribution < -0.4 is 15.0 Å². The van der Waals surface area contributed by atoms with Crippen LogP contribution in [0.4, 0.5) is 10.5 Å². The molecule has 0 radical (unpaired) electrons. The predicted octanol–water partition coefficient (Wildman–Crippen LogP) is 4.00. The molecule has 2 fully saturated rings. The van der Waals surface area contributed by atoms with Gasteiger partial charge in [0, 0.05) is 33.1 Å². The summed E-state index contributed by atoms with van der Waals surface area (Å²) in [5.41, 5.74) is -0.715. The van der Waals surface area contributed by atoms with Gasteiger partial charge in [-0.2, -0.15) is 12.6 Å². The lowest BCUT2D eigenvalue weighted by Crippen LogP contribution is -2.63. The van der Waals surface area contributed by atoms with E-state index in [1.807, 2.05) is 26.0 Å². The molecule has 0 unspecified atom stereocenters. The van der Waals surface area contributed by atoms with Crippen LogP contribution >= 0.6 is 24.2 Å². The molecule has 4 rings (SSSR count). The maximum Gasteiger partial charge on any atom is 0.409 e. The van der Waals surface area contributed by atoms with Crippen molar-refractivity contribution < 1.29 is 47.9 Å². The van der Waals surface area contributed by atoms with E-state index in [4.69, 9.17) is 40.0 Å². The van der Waals surface area contributed by atoms with E-state index in [0.717, 1.165) is 11.1 Å². The molecule has 1 aromatic rings. The Hall–Kier alpha value is -2.81. The molecule has 4 bridgehead atoms. The number of allylic oxidation sites excluding steroid dienone is 3. The SMILES string of the molecule is COc1cc2cc(c1Cl)N(C)C(=O)C[C@H](OC(=O)COCCCS)[C@]1(C)O[C@H]1[C@H](C)[C@@H]1C[C@@](O)(NC(=O)O1)[C@H](OC)/C=C/C=C(\C)C2. The lowest BCUT2D eigenvalue weighted by molar-refractivity contribution is -0.159. The van der Waals surface area contributed by atoms with Crippen molar-refractivity contribution in [3.8, 4) is 5.75 Å². The molecular formula is C33H45ClN2O10S. The molecule has 2 amide bonds. The average Bonchev–Trinajstić information content (AvgIpc) is 3.72. The topological polar surface area (TPSA) is 145 Å². The summed E-state index contributed by atoms with van der Waals surface area (Å²) in [5.74, 6) is -0.523. The first-order valence-electron chi connectivity index (χ1n) is 15.5. The minimum atomic E-state index is -1.79. The first-order valence-corrected chi connectivity index (χ1v) is 16.5. The van der Waals surface area contributed by atoms with E-state index in [1.165, 1.54) is 19.1 Å². The molecule has 0 aliphatic carbocycles. The molecule has 1 aromatic carbocycles. The number of fused-ring (bicyclic) bond motifs is 5. The monoisotopic (exact) mass is 696 g/mol. The highest BCUT2D eigenvalue weighted by Crippen LogP contribution is 2.49. The van der Waals surface area contributed by atoms with Crippen LogP contribution in [0.15, 0.2) is 35.9 Å². The van der Waals surface area contributed by atoms with Gasteiger partial charge in [-0.1, -0.05) is 42.3 Å².